The lowest BCUT2D eigenvalue weighted by molar-refractivity contribution is -0.181. The molecule has 2 aliphatic carbocycles. The molecule has 1 aromatic heterocycles. The van der Waals surface area contributed by atoms with E-state index < -0.39 is 11.6 Å². The van der Waals surface area contributed by atoms with Crippen LogP contribution in [-0.4, -0.2) is 28.9 Å². The van der Waals surface area contributed by atoms with Crippen molar-refractivity contribution in [2.75, 3.05) is 6.61 Å². The van der Waals surface area contributed by atoms with Gasteiger partial charge in [-0.25, -0.2) is 9.78 Å². The topological polar surface area (TPSA) is 84.6 Å². The molecular weight excluding hydrogens is 362 g/mol. The van der Waals surface area contributed by atoms with E-state index in [0.29, 0.717) is 24.0 Å². The van der Waals surface area contributed by atoms with Gasteiger partial charge >= 0.3 is 5.97 Å². The molecule has 5 rings (SSSR count). The van der Waals surface area contributed by atoms with Crippen LogP contribution >= 0.6 is 11.3 Å². The van der Waals surface area contributed by atoms with Crippen molar-refractivity contribution in [1.82, 2.24) is 4.98 Å². The van der Waals surface area contributed by atoms with Crippen molar-refractivity contribution < 1.29 is 14.4 Å². The number of carbonyl (C=O) groups is 1. The highest BCUT2D eigenvalue weighted by atomic mass is 32.1. The Bertz CT molecular complexity index is 1010. The molecule has 0 spiro atoms. The number of carbonyl (C=O) groups excluding carboxylic acids is 1. The number of aromatic nitrogens is 1. The van der Waals surface area contributed by atoms with Crippen LogP contribution in [0.25, 0.3) is 10.2 Å². The van der Waals surface area contributed by atoms with E-state index in [1.54, 1.807) is 0 Å². The number of ether oxygens (including phenoxy) is 1. The smallest absolute Gasteiger partial charge is 0.362 e. The molecule has 4 bridgehead atoms. The minimum Gasteiger partial charge on any atom is -0.362 e. The molecule has 7 heteroatoms. The summed E-state index contributed by atoms with van der Waals surface area (Å²) in [6.45, 7) is 4.93. The Morgan fingerprint density at radius 1 is 1.44 bits per heavy atom. The third-order valence-corrected chi connectivity index (χ3v) is 8.39. The zero-order chi connectivity index (χ0) is 18.9. The molecular formula is C20H19N3O3S. The molecule has 1 aromatic carbocycles. The highest BCUT2D eigenvalue weighted by molar-refractivity contribution is 7.20. The summed E-state index contributed by atoms with van der Waals surface area (Å²) in [4.78, 5) is 22.7. The molecule has 0 amide bonds. The summed E-state index contributed by atoms with van der Waals surface area (Å²) in [5.74, 6) is -0.00253. The van der Waals surface area contributed by atoms with Crippen LogP contribution in [0.4, 0.5) is 0 Å². The number of hydrogen-bond acceptors (Lipinski definition) is 7. The van der Waals surface area contributed by atoms with Crippen molar-refractivity contribution in [3.8, 4) is 6.07 Å². The second-order valence-corrected chi connectivity index (χ2v) is 9.25. The predicted molar refractivity (Wildman–Crippen MR) is 100 cm³/mol. The van der Waals surface area contributed by atoms with Gasteiger partial charge in [0.2, 0.25) is 5.71 Å². The number of nitriles is 1. The molecule has 6 nitrogen and oxygen atoms in total. The summed E-state index contributed by atoms with van der Waals surface area (Å²) in [6.07, 6.45) is 2.76. The van der Waals surface area contributed by atoms with Crippen LogP contribution < -0.4 is 0 Å². The monoisotopic (exact) mass is 381 g/mol. The maximum absolute atomic E-state index is 13.0. The number of nitrogens with zero attached hydrogens (tertiary/aromatic N) is 3. The van der Waals surface area contributed by atoms with Crippen LogP contribution in [-0.2, 0) is 14.4 Å². The van der Waals surface area contributed by atoms with Gasteiger partial charge in [-0.3, -0.25) is 0 Å². The van der Waals surface area contributed by atoms with Crippen LogP contribution in [0, 0.1) is 28.1 Å². The van der Waals surface area contributed by atoms with Crippen molar-refractivity contribution >= 4 is 33.2 Å². The number of hydrogen-bond donors (Lipinski definition) is 0. The summed E-state index contributed by atoms with van der Waals surface area (Å²) >= 11 is 1.35. The van der Waals surface area contributed by atoms with E-state index in [1.165, 1.54) is 11.3 Å². The van der Waals surface area contributed by atoms with Crippen LogP contribution in [0.2, 0.25) is 0 Å². The first-order valence-corrected chi connectivity index (χ1v) is 9.95. The van der Waals surface area contributed by atoms with E-state index in [1.807, 2.05) is 30.3 Å². The van der Waals surface area contributed by atoms with Crippen molar-refractivity contribution in [2.45, 2.75) is 38.7 Å². The molecule has 3 fully saturated rings. The molecule has 4 atom stereocenters. The molecule has 1 aliphatic heterocycles. The van der Waals surface area contributed by atoms with Gasteiger partial charge in [0.05, 0.1) is 16.8 Å². The number of oxime groups is 1. The number of thiazole rings is 1. The Morgan fingerprint density at radius 3 is 2.96 bits per heavy atom. The average molecular weight is 381 g/mol. The minimum absolute atomic E-state index is 0.00928. The normalized spacial score (nSPS) is 36.9. The zero-order valence-corrected chi connectivity index (χ0v) is 16.0. The highest BCUT2D eigenvalue weighted by Crippen LogP contribution is 2.75. The standard InChI is InChI=1S/C20H19N3O3S/c1-18-11-25-20(9-12(18)7-8-19(18,20)2)17(24)26-23-14(10-21)16-22-13-5-3-4-6-15(13)27-16/h3-6,12H,7-9,11H2,1-2H3/b23-14+/t12-,18+,19-,20+/m1/s1. The van der Waals surface area contributed by atoms with E-state index in [-0.39, 0.29) is 16.5 Å². The minimum atomic E-state index is -0.942. The molecule has 0 unspecified atom stereocenters. The molecule has 138 valence electrons. The zero-order valence-electron chi connectivity index (χ0n) is 15.2. The SMILES string of the molecule is C[C@]12CC[C@@H]3C[C@@]1(C(=O)O/N=C(\C#N)c1nc4ccccc4s1)OC[C@@]32C. The first-order chi connectivity index (χ1) is 12.9. The molecule has 2 saturated carbocycles. The van der Waals surface area contributed by atoms with E-state index in [0.717, 1.165) is 23.1 Å². The lowest BCUT2D eigenvalue weighted by atomic mass is 9.66. The summed E-state index contributed by atoms with van der Waals surface area (Å²) in [6, 6.07) is 9.60. The van der Waals surface area contributed by atoms with Gasteiger partial charge in [-0.05, 0) is 37.3 Å². The van der Waals surface area contributed by atoms with Crippen LogP contribution in [0.5, 0.6) is 0 Å². The summed E-state index contributed by atoms with van der Waals surface area (Å²) < 4.78 is 6.98. The van der Waals surface area contributed by atoms with E-state index in [2.05, 4.69) is 24.0 Å². The molecule has 2 heterocycles. The molecule has 0 radical (unpaired) electrons. The van der Waals surface area contributed by atoms with Gasteiger partial charge in [0, 0.05) is 10.8 Å². The van der Waals surface area contributed by atoms with Gasteiger partial charge in [-0.2, -0.15) is 5.26 Å². The van der Waals surface area contributed by atoms with Crippen LogP contribution in [0.1, 0.15) is 38.1 Å². The predicted octanol–water partition coefficient (Wildman–Crippen LogP) is 3.66. The van der Waals surface area contributed by atoms with Crippen molar-refractivity contribution in [1.29, 1.82) is 5.26 Å². The second-order valence-electron chi connectivity index (χ2n) is 8.22. The maximum Gasteiger partial charge on any atom is 0.367 e. The first-order valence-electron chi connectivity index (χ1n) is 9.13. The van der Waals surface area contributed by atoms with Crippen LogP contribution in [0.15, 0.2) is 29.4 Å². The third kappa shape index (κ3) is 1.95. The maximum atomic E-state index is 13.0. The fourth-order valence-corrected chi connectivity index (χ4v) is 6.35. The largest absolute Gasteiger partial charge is 0.367 e. The quantitative estimate of drug-likeness (QED) is 0.460. The summed E-state index contributed by atoms with van der Waals surface area (Å²) in [5, 5.41) is 13.8. The molecule has 3 aliphatic rings. The number of fused-ring (bicyclic) bond motifs is 1. The number of benzene rings is 1. The number of rotatable bonds is 3. The van der Waals surface area contributed by atoms with Crippen LogP contribution in [0.3, 0.4) is 0 Å². The Hall–Kier alpha value is -2.30. The Balaban J connectivity index is 1.43. The van der Waals surface area contributed by atoms with Gasteiger partial charge in [-0.1, -0.05) is 31.1 Å². The van der Waals surface area contributed by atoms with Crippen molar-refractivity contribution in [3.63, 3.8) is 0 Å². The number of para-hydroxylation sites is 1. The molecule has 0 N–H and O–H groups in total. The van der Waals surface area contributed by atoms with E-state index in [4.69, 9.17) is 9.57 Å². The summed E-state index contributed by atoms with van der Waals surface area (Å²) in [7, 11) is 0. The highest BCUT2D eigenvalue weighted by Gasteiger charge is 2.79. The molecule has 1 saturated heterocycles. The van der Waals surface area contributed by atoms with Gasteiger partial charge < -0.3 is 9.57 Å². The second kappa shape index (κ2) is 5.37. The fourth-order valence-electron chi connectivity index (χ4n) is 5.46. The fraction of sp³-hybridized carbons (Fsp3) is 0.500. The van der Waals surface area contributed by atoms with E-state index >= 15 is 0 Å². The summed E-state index contributed by atoms with van der Waals surface area (Å²) in [5.41, 5.74) is -0.362. The van der Waals surface area contributed by atoms with Crippen molar-refractivity contribution in [3.05, 3.63) is 29.3 Å². The molecule has 2 aromatic rings. The Labute approximate surface area is 160 Å². The van der Waals surface area contributed by atoms with E-state index in [9.17, 15) is 10.1 Å². The lowest BCUT2D eigenvalue weighted by Crippen LogP contribution is -2.50. The van der Waals surface area contributed by atoms with Crippen molar-refractivity contribution in [2.24, 2.45) is 21.9 Å². The van der Waals surface area contributed by atoms with Gasteiger partial charge in [0.25, 0.3) is 0 Å². The Morgan fingerprint density at radius 2 is 2.26 bits per heavy atom. The average Bonchev–Trinajstić information content (AvgIpc) is 3.32. The van der Waals surface area contributed by atoms with Gasteiger partial charge in [0.1, 0.15) is 6.07 Å². The van der Waals surface area contributed by atoms with Gasteiger partial charge in [0.15, 0.2) is 10.6 Å². The Kier molecular flexibility index (Phi) is 3.35. The lowest BCUT2D eigenvalue weighted by Gasteiger charge is -2.38. The third-order valence-electron chi connectivity index (χ3n) is 7.35. The van der Waals surface area contributed by atoms with Gasteiger partial charge in [-0.15, -0.1) is 11.3 Å². The molecule has 27 heavy (non-hydrogen) atoms. The first kappa shape index (κ1) is 16.8.